The molecule has 1 fully saturated rings. The van der Waals surface area contributed by atoms with E-state index < -0.39 is 0 Å². The molecule has 0 saturated heterocycles. The minimum absolute atomic E-state index is 0.675. The molecular weight excluding hydrogens is 186 g/mol. The van der Waals surface area contributed by atoms with Crippen molar-refractivity contribution in [1.29, 1.82) is 0 Å². The summed E-state index contributed by atoms with van der Waals surface area (Å²) in [5, 5.41) is 0. The van der Waals surface area contributed by atoms with E-state index in [4.69, 9.17) is 10.5 Å². The molecule has 2 N–H and O–H groups in total. The van der Waals surface area contributed by atoms with Crippen LogP contribution in [-0.4, -0.2) is 7.11 Å². The topological polar surface area (TPSA) is 35.2 Å². The highest BCUT2D eigenvalue weighted by atomic mass is 16.5. The van der Waals surface area contributed by atoms with Crippen molar-refractivity contribution in [2.24, 2.45) is 0 Å². The third-order valence-corrected chi connectivity index (χ3v) is 3.30. The van der Waals surface area contributed by atoms with Crippen molar-refractivity contribution in [3.05, 3.63) is 23.8 Å². The Bertz CT molecular complexity index is 329. The van der Waals surface area contributed by atoms with Crippen molar-refractivity contribution >= 4 is 5.69 Å². The second kappa shape index (κ2) is 4.56. The molecule has 0 radical (unpaired) electrons. The fraction of sp³-hybridized carbons (Fsp3) is 0.538. The van der Waals surface area contributed by atoms with Crippen LogP contribution in [0.25, 0.3) is 0 Å². The molecule has 0 bridgehead atoms. The first-order valence-electron chi connectivity index (χ1n) is 5.74. The number of nitrogens with two attached hydrogens (primary N) is 1. The molecular formula is C13H19NO. The smallest absolute Gasteiger partial charge is 0.124 e. The Morgan fingerprint density at radius 2 is 1.93 bits per heavy atom. The van der Waals surface area contributed by atoms with E-state index in [1.54, 1.807) is 7.11 Å². The number of rotatable bonds is 2. The second-order valence-electron chi connectivity index (χ2n) is 4.34. The van der Waals surface area contributed by atoms with Crippen LogP contribution in [0.4, 0.5) is 5.69 Å². The number of ether oxygens (including phenoxy) is 1. The molecule has 0 atom stereocenters. The van der Waals surface area contributed by atoms with Gasteiger partial charge < -0.3 is 10.5 Å². The van der Waals surface area contributed by atoms with Crippen LogP contribution in [0, 0.1) is 0 Å². The predicted octanol–water partition coefficient (Wildman–Crippen LogP) is 3.33. The van der Waals surface area contributed by atoms with E-state index in [9.17, 15) is 0 Å². The molecule has 0 amide bonds. The molecule has 0 aliphatic heterocycles. The Morgan fingerprint density at radius 3 is 2.60 bits per heavy atom. The highest BCUT2D eigenvalue weighted by molar-refractivity contribution is 5.49. The molecule has 0 spiro atoms. The van der Waals surface area contributed by atoms with E-state index in [-0.39, 0.29) is 0 Å². The van der Waals surface area contributed by atoms with Crippen LogP contribution in [-0.2, 0) is 0 Å². The molecule has 1 aliphatic carbocycles. The Hall–Kier alpha value is -1.18. The number of methoxy groups -OCH3 is 1. The van der Waals surface area contributed by atoms with Crippen LogP contribution >= 0.6 is 0 Å². The number of benzene rings is 1. The van der Waals surface area contributed by atoms with Crippen LogP contribution in [0.2, 0.25) is 0 Å². The van der Waals surface area contributed by atoms with Crippen LogP contribution in [0.3, 0.4) is 0 Å². The van der Waals surface area contributed by atoms with Gasteiger partial charge >= 0.3 is 0 Å². The van der Waals surface area contributed by atoms with Gasteiger partial charge in [0.15, 0.2) is 0 Å². The highest BCUT2D eigenvalue weighted by Crippen LogP contribution is 2.37. The third kappa shape index (κ3) is 2.25. The van der Waals surface area contributed by atoms with E-state index >= 15 is 0 Å². The quantitative estimate of drug-likeness (QED) is 0.752. The molecule has 15 heavy (non-hydrogen) atoms. The Morgan fingerprint density at radius 1 is 1.20 bits per heavy atom. The maximum absolute atomic E-state index is 5.75. The number of anilines is 1. The molecule has 2 heteroatoms. The highest BCUT2D eigenvalue weighted by Gasteiger charge is 2.18. The first kappa shape index (κ1) is 10.3. The number of hydrogen-bond donors (Lipinski definition) is 1. The summed E-state index contributed by atoms with van der Waals surface area (Å²) in [7, 11) is 1.72. The summed E-state index contributed by atoms with van der Waals surface area (Å²) in [6.45, 7) is 0. The summed E-state index contributed by atoms with van der Waals surface area (Å²) < 4.78 is 5.40. The molecule has 0 heterocycles. The van der Waals surface area contributed by atoms with Gasteiger partial charge in [-0.1, -0.05) is 25.3 Å². The van der Waals surface area contributed by atoms with E-state index in [0.29, 0.717) is 5.92 Å². The SMILES string of the molecule is COc1cc(N)ccc1C1CCCCC1. The maximum atomic E-state index is 5.75. The fourth-order valence-electron chi connectivity index (χ4n) is 2.48. The van der Waals surface area contributed by atoms with Gasteiger partial charge in [-0.05, 0) is 30.4 Å². The summed E-state index contributed by atoms with van der Waals surface area (Å²) in [5.74, 6) is 1.64. The lowest BCUT2D eigenvalue weighted by Gasteiger charge is -2.23. The Balaban J connectivity index is 2.25. The van der Waals surface area contributed by atoms with Gasteiger partial charge in [0.2, 0.25) is 0 Å². The fourth-order valence-corrected chi connectivity index (χ4v) is 2.48. The Kier molecular flexibility index (Phi) is 3.14. The molecule has 0 aromatic heterocycles. The lowest BCUT2D eigenvalue weighted by Crippen LogP contribution is -2.06. The van der Waals surface area contributed by atoms with Gasteiger partial charge in [-0.3, -0.25) is 0 Å². The molecule has 0 unspecified atom stereocenters. The van der Waals surface area contributed by atoms with Gasteiger partial charge in [-0.2, -0.15) is 0 Å². The monoisotopic (exact) mass is 205 g/mol. The average molecular weight is 205 g/mol. The van der Waals surface area contributed by atoms with Crippen molar-refractivity contribution in [2.45, 2.75) is 38.0 Å². The summed E-state index contributed by atoms with van der Waals surface area (Å²) >= 11 is 0. The van der Waals surface area contributed by atoms with Gasteiger partial charge in [0.25, 0.3) is 0 Å². The Labute approximate surface area is 91.4 Å². The average Bonchev–Trinajstić information content (AvgIpc) is 2.30. The lowest BCUT2D eigenvalue weighted by atomic mass is 9.83. The standard InChI is InChI=1S/C13H19NO/c1-15-13-9-11(14)7-8-12(13)10-5-3-2-4-6-10/h7-10H,2-6,14H2,1H3. The summed E-state index contributed by atoms with van der Waals surface area (Å²) in [5.41, 5.74) is 7.88. The van der Waals surface area contributed by atoms with Gasteiger partial charge in [0.1, 0.15) is 5.75 Å². The molecule has 82 valence electrons. The lowest BCUT2D eigenvalue weighted by molar-refractivity contribution is 0.387. The summed E-state index contributed by atoms with van der Waals surface area (Å²) in [6.07, 6.45) is 6.66. The zero-order chi connectivity index (χ0) is 10.7. The van der Waals surface area contributed by atoms with Crippen LogP contribution in [0.5, 0.6) is 5.75 Å². The normalized spacial score (nSPS) is 17.7. The molecule has 2 rings (SSSR count). The zero-order valence-corrected chi connectivity index (χ0v) is 9.33. The molecule has 2 nitrogen and oxygen atoms in total. The van der Waals surface area contributed by atoms with E-state index in [1.165, 1.54) is 37.7 Å². The first-order valence-corrected chi connectivity index (χ1v) is 5.74. The molecule has 1 saturated carbocycles. The molecule has 1 aliphatic rings. The van der Waals surface area contributed by atoms with Crippen LogP contribution in [0.15, 0.2) is 18.2 Å². The first-order chi connectivity index (χ1) is 7.31. The number of hydrogen-bond acceptors (Lipinski definition) is 2. The molecule has 1 aromatic carbocycles. The van der Waals surface area contributed by atoms with Crippen molar-refractivity contribution in [1.82, 2.24) is 0 Å². The van der Waals surface area contributed by atoms with E-state index in [0.717, 1.165) is 11.4 Å². The van der Waals surface area contributed by atoms with Crippen molar-refractivity contribution in [3.8, 4) is 5.75 Å². The van der Waals surface area contributed by atoms with Gasteiger partial charge in [-0.25, -0.2) is 0 Å². The van der Waals surface area contributed by atoms with Gasteiger partial charge in [0, 0.05) is 11.8 Å². The third-order valence-electron chi connectivity index (χ3n) is 3.30. The van der Waals surface area contributed by atoms with Crippen LogP contribution in [0.1, 0.15) is 43.6 Å². The largest absolute Gasteiger partial charge is 0.496 e. The zero-order valence-electron chi connectivity index (χ0n) is 9.33. The predicted molar refractivity (Wildman–Crippen MR) is 63.2 cm³/mol. The minimum atomic E-state index is 0.675. The summed E-state index contributed by atoms with van der Waals surface area (Å²) in [6, 6.07) is 6.04. The van der Waals surface area contributed by atoms with Gasteiger partial charge in [-0.15, -0.1) is 0 Å². The summed E-state index contributed by atoms with van der Waals surface area (Å²) in [4.78, 5) is 0. The van der Waals surface area contributed by atoms with Crippen molar-refractivity contribution in [3.63, 3.8) is 0 Å². The minimum Gasteiger partial charge on any atom is -0.496 e. The molecule has 1 aromatic rings. The second-order valence-corrected chi connectivity index (χ2v) is 4.34. The van der Waals surface area contributed by atoms with E-state index in [2.05, 4.69) is 6.07 Å². The number of nitrogen functional groups attached to an aromatic ring is 1. The van der Waals surface area contributed by atoms with Crippen molar-refractivity contribution in [2.75, 3.05) is 12.8 Å². The van der Waals surface area contributed by atoms with Crippen LogP contribution < -0.4 is 10.5 Å². The van der Waals surface area contributed by atoms with Crippen molar-refractivity contribution < 1.29 is 4.74 Å². The maximum Gasteiger partial charge on any atom is 0.124 e. The van der Waals surface area contributed by atoms with Gasteiger partial charge in [0.05, 0.1) is 7.11 Å². The van der Waals surface area contributed by atoms with E-state index in [1.807, 2.05) is 12.1 Å².